The van der Waals surface area contributed by atoms with Crippen LogP contribution < -0.4 is 0 Å². The van der Waals surface area contributed by atoms with Crippen LogP contribution in [0.1, 0.15) is 47.8 Å². The molecule has 0 fully saturated rings. The van der Waals surface area contributed by atoms with Crippen molar-refractivity contribution in [2.24, 2.45) is 0 Å². The van der Waals surface area contributed by atoms with Crippen molar-refractivity contribution in [3.63, 3.8) is 0 Å². The predicted molar refractivity (Wildman–Crippen MR) is 77.4 cm³/mol. The van der Waals surface area contributed by atoms with Gasteiger partial charge in [0.15, 0.2) is 5.78 Å². The fraction of sp³-hybridized carbons (Fsp3) is 0.294. The molecule has 2 heteroatoms. The van der Waals surface area contributed by atoms with Crippen LogP contribution in [-0.4, -0.2) is 10.8 Å². The molecule has 2 aromatic rings. The molecule has 0 unspecified atom stereocenters. The quantitative estimate of drug-likeness (QED) is 0.753. The highest BCUT2D eigenvalue weighted by Crippen LogP contribution is 2.15. The van der Waals surface area contributed by atoms with Gasteiger partial charge in [0.25, 0.3) is 0 Å². The first-order valence-electron chi connectivity index (χ1n) is 6.70. The van der Waals surface area contributed by atoms with Crippen molar-refractivity contribution < 1.29 is 4.79 Å². The number of carbonyl (C=O) groups excluding carboxylic acids is 1. The Hall–Kier alpha value is -1.96. The van der Waals surface area contributed by atoms with Gasteiger partial charge in [-0.3, -0.25) is 9.78 Å². The highest BCUT2D eigenvalue weighted by molar-refractivity contribution is 5.94. The number of aromatic nitrogens is 1. The van der Waals surface area contributed by atoms with Crippen LogP contribution in [0, 0.1) is 0 Å². The minimum Gasteiger partial charge on any atom is -0.292 e. The van der Waals surface area contributed by atoms with E-state index in [4.69, 9.17) is 0 Å². The predicted octanol–water partition coefficient (Wildman–Crippen LogP) is 4.02. The standard InChI is InChI=1S/C17H19NO/c1-13(2)15-9-6-14(7-10-15)8-11-17(19)16-5-3-4-12-18-16/h3-7,9-10,12-13H,8,11H2,1-2H3. The second-order valence-corrected chi connectivity index (χ2v) is 5.03. The number of hydrogen-bond donors (Lipinski definition) is 0. The molecule has 1 aromatic heterocycles. The molecule has 0 spiro atoms. The first kappa shape index (κ1) is 13.5. The largest absolute Gasteiger partial charge is 0.292 e. The molecule has 0 aliphatic heterocycles. The lowest BCUT2D eigenvalue weighted by Gasteiger charge is -2.06. The molecular weight excluding hydrogens is 234 g/mol. The van der Waals surface area contributed by atoms with E-state index in [1.165, 1.54) is 11.1 Å². The van der Waals surface area contributed by atoms with Crippen molar-refractivity contribution in [2.45, 2.75) is 32.6 Å². The topological polar surface area (TPSA) is 30.0 Å². The summed E-state index contributed by atoms with van der Waals surface area (Å²) in [5.41, 5.74) is 3.09. The summed E-state index contributed by atoms with van der Waals surface area (Å²) in [6.45, 7) is 4.36. The van der Waals surface area contributed by atoms with Crippen molar-refractivity contribution in [1.82, 2.24) is 4.98 Å². The normalized spacial score (nSPS) is 10.7. The zero-order valence-corrected chi connectivity index (χ0v) is 11.5. The van der Waals surface area contributed by atoms with Gasteiger partial charge in [0.05, 0.1) is 0 Å². The Bertz CT molecular complexity index is 529. The third-order valence-corrected chi connectivity index (χ3v) is 3.24. The molecule has 1 heterocycles. The Kier molecular flexibility index (Phi) is 4.45. The molecule has 0 saturated carbocycles. The van der Waals surface area contributed by atoms with E-state index in [1.807, 2.05) is 12.1 Å². The summed E-state index contributed by atoms with van der Waals surface area (Å²) in [5.74, 6) is 0.651. The average Bonchev–Trinajstić information content (AvgIpc) is 2.46. The van der Waals surface area contributed by atoms with E-state index >= 15 is 0 Å². The Morgan fingerprint density at radius 2 is 1.84 bits per heavy atom. The summed E-state index contributed by atoms with van der Waals surface area (Å²) in [5, 5.41) is 0. The lowest BCUT2D eigenvalue weighted by Crippen LogP contribution is -2.03. The second kappa shape index (κ2) is 6.28. The minimum atomic E-state index is 0.105. The molecule has 0 atom stereocenters. The Labute approximate surface area is 114 Å². The number of carbonyl (C=O) groups is 1. The van der Waals surface area contributed by atoms with E-state index in [0.29, 0.717) is 18.0 Å². The maximum atomic E-state index is 11.9. The molecule has 19 heavy (non-hydrogen) atoms. The van der Waals surface area contributed by atoms with Gasteiger partial charge in [0, 0.05) is 12.6 Å². The van der Waals surface area contributed by atoms with Crippen molar-refractivity contribution in [3.8, 4) is 0 Å². The maximum Gasteiger partial charge on any atom is 0.181 e. The van der Waals surface area contributed by atoms with Crippen LogP contribution in [0.2, 0.25) is 0 Å². The molecule has 0 aliphatic rings. The molecule has 0 bridgehead atoms. The van der Waals surface area contributed by atoms with Gasteiger partial charge in [-0.15, -0.1) is 0 Å². The Morgan fingerprint density at radius 3 is 2.42 bits per heavy atom. The molecule has 0 radical (unpaired) electrons. The molecule has 0 aliphatic carbocycles. The minimum absolute atomic E-state index is 0.105. The van der Waals surface area contributed by atoms with Crippen molar-refractivity contribution in [2.75, 3.05) is 0 Å². The van der Waals surface area contributed by atoms with Gasteiger partial charge < -0.3 is 0 Å². The van der Waals surface area contributed by atoms with E-state index in [1.54, 1.807) is 12.3 Å². The van der Waals surface area contributed by atoms with E-state index in [9.17, 15) is 4.79 Å². The average molecular weight is 253 g/mol. The SMILES string of the molecule is CC(C)c1ccc(CCC(=O)c2ccccn2)cc1. The molecule has 0 amide bonds. The third-order valence-electron chi connectivity index (χ3n) is 3.24. The molecule has 2 rings (SSSR count). The molecule has 2 nitrogen and oxygen atoms in total. The Balaban J connectivity index is 1.94. The van der Waals surface area contributed by atoms with Crippen molar-refractivity contribution >= 4 is 5.78 Å². The van der Waals surface area contributed by atoms with Crippen LogP contribution in [0.4, 0.5) is 0 Å². The van der Waals surface area contributed by atoms with Gasteiger partial charge in [0.2, 0.25) is 0 Å². The molecular formula is C17H19NO. The number of benzene rings is 1. The van der Waals surface area contributed by atoms with E-state index in [0.717, 1.165) is 6.42 Å². The lowest BCUT2D eigenvalue weighted by atomic mass is 9.99. The maximum absolute atomic E-state index is 11.9. The van der Waals surface area contributed by atoms with E-state index in [2.05, 4.69) is 43.1 Å². The number of aryl methyl sites for hydroxylation is 1. The number of hydrogen-bond acceptors (Lipinski definition) is 2. The third kappa shape index (κ3) is 3.75. The number of pyridine rings is 1. The van der Waals surface area contributed by atoms with E-state index < -0.39 is 0 Å². The van der Waals surface area contributed by atoms with Gasteiger partial charge in [-0.05, 0) is 35.6 Å². The molecule has 1 aromatic carbocycles. The van der Waals surface area contributed by atoms with Gasteiger partial charge in [0.1, 0.15) is 5.69 Å². The molecule has 98 valence electrons. The van der Waals surface area contributed by atoms with E-state index in [-0.39, 0.29) is 5.78 Å². The van der Waals surface area contributed by atoms with Crippen molar-refractivity contribution in [1.29, 1.82) is 0 Å². The van der Waals surface area contributed by atoms with Crippen LogP contribution in [0.25, 0.3) is 0 Å². The number of rotatable bonds is 5. The summed E-state index contributed by atoms with van der Waals surface area (Å²) >= 11 is 0. The van der Waals surface area contributed by atoms with Gasteiger partial charge >= 0.3 is 0 Å². The first-order valence-corrected chi connectivity index (χ1v) is 6.70. The smallest absolute Gasteiger partial charge is 0.181 e. The fourth-order valence-corrected chi connectivity index (χ4v) is 1.98. The summed E-state index contributed by atoms with van der Waals surface area (Å²) in [6, 6.07) is 13.9. The summed E-state index contributed by atoms with van der Waals surface area (Å²) in [6.07, 6.45) is 2.94. The fourth-order valence-electron chi connectivity index (χ4n) is 1.98. The zero-order chi connectivity index (χ0) is 13.7. The molecule has 0 N–H and O–H groups in total. The Morgan fingerprint density at radius 1 is 1.11 bits per heavy atom. The number of Topliss-reactive ketones (excluding diaryl/α,β-unsaturated/α-hetero) is 1. The lowest BCUT2D eigenvalue weighted by molar-refractivity contribution is 0.0978. The molecule has 0 saturated heterocycles. The monoisotopic (exact) mass is 253 g/mol. The van der Waals surface area contributed by atoms with Gasteiger partial charge in [-0.25, -0.2) is 0 Å². The van der Waals surface area contributed by atoms with Crippen molar-refractivity contribution in [3.05, 3.63) is 65.5 Å². The highest BCUT2D eigenvalue weighted by Gasteiger charge is 2.07. The summed E-state index contributed by atoms with van der Waals surface area (Å²) in [7, 11) is 0. The summed E-state index contributed by atoms with van der Waals surface area (Å²) < 4.78 is 0. The van der Waals surface area contributed by atoms with Crippen LogP contribution in [-0.2, 0) is 6.42 Å². The number of ketones is 1. The van der Waals surface area contributed by atoms with Crippen LogP contribution in [0.15, 0.2) is 48.7 Å². The number of nitrogens with zero attached hydrogens (tertiary/aromatic N) is 1. The van der Waals surface area contributed by atoms with Crippen LogP contribution in [0.5, 0.6) is 0 Å². The van der Waals surface area contributed by atoms with Crippen LogP contribution in [0.3, 0.4) is 0 Å². The first-order chi connectivity index (χ1) is 9.16. The second-order valence-electron chi connectivity index (χ2n) is 5.03. The van der Waals surface area contributed by atoms with Gasteiger partial charge in [-0.2, -0.15) is 0 Å². The van der Waals surface area contributed by atoms with Gasteiger partial charge in [-0.1, -0.05) is 44.2 Å². The zero-order valence-electron chi connectivity index (χ0n) is 11.5. The highest BCUT2D eigenvalue weighted by atomic mass is 16.1. The van der Waals surface area contributed by atoms with Crippen LogP contribution >= 0.6 is 0 Å². The summed E-state index contributed by atoms with van der Waals surface area (Å²) in [4.78, 5) is 16.0.